The molecule has 0 spiro atoms. The maximum Gasteiger partial charge on any atom is 0.258 e. The first-order valence-corrected chi connectivity index (χ1v) is 11.3. The monoisotopic (exact) mass is 447 g/mol. The SMILES string of the molecule is CCC(C)c1c(O)nc(SCC(=O)N2CCc3cc(OC)c(OC)cc3C2C)[nH]c1=O. The quantitative estimate of drug-likeness (QED) is 0.496. The van der Waals surface area contributed by atoms with E-state index in [9.17, 15) is 14.7 Å². The molecule has 0 aliphatic carbocycles. The number of methoxy groups -OCH3 is 2. The Labute approximate surface area is 186 Å². The Morgan fingerprint density at radius 1 is 1.35 bits per heavy atom. The van der Waals surface area contributed by atoms with Crippen molar-refractivity contribution < 1.29 is 19.4 Å². The number of hydrogen-bond donors (Lipinski definition) is 2. The van der Waals surface area contributed by atoms with Gasteiger partial charge in [0.1, 0.15) is 0 Å². The second kappa shape index (κ2) is 9.64. The van der Waals surface area contributed by atoms with Gasteiger partial charge in [-0.05, 0) is 48.9 Å². The van der Waals surface area contributed by atoms with E-state index >= 15 is 0 Å². The van der Waals surface area contributed by atoms with Gasteiger partial charge in [0.2, 0.25) is 11.8 Å². The standard InChI is InChI=1S/C22H29N3O5S/c1-6-12(2)19-20(27)23-22(24-21(19)28)31-11-18(26)25-8-7-14-9-16(29-4)17(30-5)10-15(14)13(25)3/h9-10,12-13H,6-8,11H2,1-5H3,(H2,23,24,27,28). The molecule has 2 aromatic rings. The molecule has 2 atom stereocenters. The van der Waals surface area contributed by atoms with E-state index in [2.05, 4.69) is 9.97 Å². The minimum Gasteiger partial charge on any atom is -0.493 e. The van der Waals surface area contributed by atoms with E-state index in [4.69, 9.17) is 9.47 Å². The van der Waals surface area contributed by atoms with E-state index < -0.39 is 0 Å². The Balaban J connectivity index is 1.73. The predicted molar refractivity (Wildman–Crippen MR) is 119 cm³/mol. The van der Waals surface area contributed by atoms with Gasteiger partial charge >= 0.3 is 0 Å². The molecule has 8 nitrogen and oxygen atoms in total. The number of rotatable bonds is 7. The van der Waals surface area contributed by atoms with Crippen LogP contribution in [0.25, 0.3) is 0 Å². The van der Waals surface area contributed by atoms with Gasteiger partial charge in [0.15, 0.2) is 16.7 Å². The van der Waals surface area contributed by atoms with Crippen molar-refractivity contribution in [1.82, 2.24) is 14.9 Å². The molecule has 0 fully saturated rings. The van der Waals surface area contributed by atoms with Gasteiger partial charge in [0, 0.05) is 6.54 Å². The number of aromatic amines is 1. The predicted octanol–water partition coefficient (Wildman–Crippen LogP) is 3.24. The molecule has 31 heavy (non-hydrogen) atoms. The lowest BCUT2D eigenvalue weighted by molar-refractivity contribution is -0.130. The van der Waals surface area contributed by atoms with E-state index in [-0.39, 0.29) is 45.8 Å². The molecule has 168 valence electrons. The van der Waals surface area contributed by atoms with Crippen molar-refractivity contribution in [3.63, 3.8) is 0 Å². The largest absolute Gasteiger partial charge is 0.493 e. The van der Waals surface area contributed by atoms with Crippen molar-refractivity contribution in [2.75, 3.05) is 26.5 Å². The number of nitrogens with zero attached hydrogens (tertiary/aromatic N) is 2. The summed E-state index contributed by atoms with van der Waals surface area (Å²) in [5.74, 6) is 0.995. The van der Waals surface area contributed by atoms with E-state index in [0.717, 1.165) is 29.3 Å². The molecule has 1 aliphatic rings. The van der Waals surface area contributed by atoms with Gasteiger partial charge < -0.3 is 24.5 Å². The van der Waals surface area contributed by atoms with Crippen LogP contribution < -0.4 is 15.0 Å². The molecular formula is C22H29N3O5S. The van der Waals surface area contributed by atoms with Gasteiger partial charge in [-0.25, -0.2) is 0 Å². The number of fused-ring (bicyclic) bond motifs is 1. The van der Waals surface area contributed by atoms with Crippen LogP contribution in [0.3, 0.4) is 0 Å². The number of aromatic hydroxyl groups is 1. The molecule has 2 unspecified atom stereocenters. The number of carbonyl (C=O) groups excluding carboxylic acids is 1. The fourth-order valence-corrected chi connectivity index (χ4v) is 4.61. The number of aromatic nitrogens is 2. The Kier molecular flexibility index (Phi) is 7.15. The lowest BCUT2D eigenvalue weighted by atomic mass is 9.93. The van der Waals surface area contributed by atoms with Gasteiger partial charge in [-0.15, -0.1) is 0 Å². The zero-order valence-corrected chi connectivity index (χ0v) is 19.3. The summed E-state index contributed by atoms with van der Waals surface area (Å²) in [6.45, 7) is 6.38. The first-order chi connectivity index (χ1) is 14.8. The molecule has 0 saturated carbocycles. The average molecular weight is 448 g/mol. The minimum atomic E-state index is -0.363. The summed E-state index contributed by atoms with van der Waals surface area (Å²) in [4.78, 5) is 33.8. The molecule has 0 bridgehead atoms. The average Bonchev–Trinajstić information content (AvgIpc) is 2.76. The Hall–Kier alpha value is -2.68. The second-order valence-electron chi connectivity index (χ2n) is 7.63. The molecule has 0 radical (unpaired) electrons. The summed E-state index contributed by atoms with van der Waals surface area (Å²) in [5.41, 5.74) is 2.09. The van der Waals surface area contributed by atoms with Crippen LogP contribution in [-0.2, 0) is 11.2 Å². The minimum absolute atomic E-state index is 0.0638. The molecule has 1 aromatic carbocycles. The van der Waals surface area contributed by atoms with Crippen molar-refractivity contribution in [2.24, 2.45) is 0 Å². The smallest absolute Gasteiger partial charge is 0.258 e. The number of H-pyrrole nitrogens is 1. The van der Waals surface area contributed by atoms with Gasteiger partial charge in [-0.3, -0.25) is 9.59 Å². The number of thioether (sulfide) groups is 1. The van der Waals surface area contributed by atoms with E-state index in [0.29, 0.717) is 24.5 Å². The fraction of sp³-hybridized carbons (Fsp3) is 0.500. The van der Waals surface area contributed by atoms with Crippen molar-refractivity contribution in [3.8, 4) is 17.4 Å². The Morgan fingerprint density at radius 2 is 2.03 bits per heavy atom. The molecular weight excluding hydrogens is 418 g/mol. The van der Waals surface area contributed by atoms with E-state index in [1.165, 1.54) is 0 Å². The zero-order valence-electron chi connectivity index (χ0n) is 18.5. The number of hydrogen-bond acceptors (Lipinski definition) is 7. The van der Waals surface area contributed by atoms with Gasteiger partial charge in [-0.2, -0.15) is 4.98 Å². The molecule has 2 N–H and O–H groups in total. The second-order valence-corrected chi connectivity index (χ2v) is 8.59. The van der Waals surface area contributed by atoms with Crippen molar-refractivity contribution in [1.29, 1.82) is 0 Å². The van der Waals surface area contributed by atoms with E-state index in [1.54, 1.807) is 14.2 Å². The molecule has 1 amide bonds. The zero-order chi connectivity index (χ0) is 22.7. The highest BCUT2D eigenvalue weighted by Gasteiger charge is 2.29. The summed E-state index contributed by atoms with van der Waals surface area (Å²) in [6.07, 6.45) is 1.43. The number of amides is 1. The Bertz CT molecular complexity index is 1020. The first-order valence-electron chi connectivity index (χ1n) is 10.3. The van der Waals surface area contributed by atoms with Gasteiger partial charge in [-0.1, -0.05) is 25.6 Å². The van der Waals surface area contributed by atoms with Crippen LogP contribution in [0.4, 0.5) is 0 Å². The van der Waals surface area contributed by atoms with Crippen LogP contribution in [0, 0.1) is 0 Å². The fourth-order valence-electron chi connectivity index (χ4n) is 3.87. The first kappa shape index (κ1) is 23.0. The van der Waals surface area contributed by atoms with Crippen LogP contribution in [0.2, 0.25) is 0 Å². The topological polar surface area (TPSA) is 105 Å². The molecule has 1 aliphatic heterocycles. The molecule has 1 aromatic heterocycles. The van der Waals surface area contributed by atoms with Crippen LogP contribution in [0.1, 0.15) is 55.8 Å². The summed E-state index contributed by atoms with van der Waals surface area (Å²) in [5, 5.41) is 10.4. The molecule has 9 heteroatoms. The van der Waals surface area contributed by atoms with Crippen LogP contribution in [-0.4, -0.2) is 52.4 Å². The van der Waals surface area contributed by atoms with Gasteiger partial charge in [0.05, 0.1) is 31.6 Å². The maximum absolute atomic E-state index is 12.9. The number of ether oxygens (including phenoxy) is 2. The highest BCUT2D eigenvalue weighted by Crippen LogP contribution is 2.38. The molecule has 0 saturated heterocycles. The number of nitrogens with one attached hydrogen (secondary N) is 1. The molecule has 2 heterocycles. The summed E-state index contributed by atoms with van der Waals surface area (Å²) in [7, 11) is 3.20. The summed E-state index contributed by atoms with van der Waals surface area (Å²) in [6, 6.07) is 3.78. The van der Waals surface area contributed by atoms with Crippen molar-refractivity contribution >= 4 is 17.7 Å². The van der Waals surface area contributed by atoms with Crippen LogP contribution in [0.5, 0.6) is 17.4 Å². The lowest BCUT2D eigenvalue weighted by Gasteiger charge is -2.35. The van der Waals surface area contributed by atoms with Crippen molar-refractivity contribution in [3.05, 3.63) is 39.2 Å². The van der Waals surface area contributed by atoms with Gasteiger partial charge in [0.25, 0.3) is 5.56 Å². The third-order valence-corrected chi connectivity index (χ3v) is 6.71. The van der Waals surface area contributed by atoms with Crippen LogP contribution >= 0.6 is 11.8 Å². The third-order valence-electron chi connectivity index (χ3n) is 5.86. The number of carbonyl (C=O) groups is 1. The highest BCUT2D eigenvalue weighted by atomic mass is 32.2. The maximum atomic E-state index is 12.9. The van der Waals surface area contributed by atoms with Crippen molar-refractivity contribution in [2.45, 2.75) is 50.7 Å². The summed E-state index contributed by atoms with van der Waals surface area (Å²) >= 11 is 1.11. The third kappa shape index (κ3) is 4.66. The summed E-state index contributed by atoms with van der Waals surface area (Å²) < 4.78 is 10.8. The van der Waals surface area contributed by atoms with Crippen LogP contribution in [0.15, 0.2) is 22.1 Å². The highest BCUT2D eigenvalue weighted by molar-refractivity contribution is 7.99. The number of benzene rings is 1. The molecule has 3 rings (SSSR count). The Morgan fingerprint density at radius 3 is 2.65 bits per heavy atom. The normalized spacial score (nSPS) is 16.5. The lowest BCUT2D eigenvalue weighted by Crippen LogP contribution is -2.40. The van der Waals surface area contributed by atoms with E-state index in [1.807, 2.05) is 37.8 Å².